The van der Waals surface area contributed by atoms with Gasteiger partial charge in [-0.15, -0.1) is 22.7 Å². The predicted octanol–water partition coefficient (Wildman–Crippen LogP) is 3.21. The summed E-state index contributed by atoms with van der Waals surface area (Å²) in [7, 11) is 0. The fraction of sp³-hybridized carbons (Fsp3) is 0.300. The molecule has 0 atom stereocenters. The molecule has 0 N–H and O–H groups in total. The molecular formula is C20H19N5O2S3. The smallest absolute Gasteiger partial charge is 0.265 e. The van der Waals surface area contributed by atoms with Gasteiger partial charge in [-0.1, -0.05) is 0 Å². The third-order valence-corrected chi connectivity index (χ3v) is 7.79. The monoisotopic (exact) mass is 457 g/mol. The summed E-state index contributed by atoms with van der Waals surface area (Å²) in [6.07, 6.45) is 1.74. The van der Waals surface area contributed by atoms with E-state index in [1.165, 1.54) is 22.7 Å². The summed E-state index contributed by atoms with van der Waals surface area (Å²) in [5.74, 6) is 0.0579. The van der Waals surface area contributed by atoms with Gasteiger partial charge in [-0.2, -0.15) is 11.3 Å². The number of fused-ring (bicyclic) bond motifs is 1. The van der Waals surface area contributed by atoms with Crippen molar-refractivity contribution in [1.29, 1.82) is 0 Å². The van der Waals surface area contributed by atoms with Gasteiger partial charge >= 0.3 is 0 Å². The second-order valence-electron chi connectivity index (χ2n) is 7.16. The Morgan fingerprint density at radius 3 is 2.77 bits per heavy atom. The van der Waals surface area contributed by atoms with Crippen molar-refractivity contribution in [3.63, 3.8) is 0 Å². The Morgan fingerprint density at radius 2 is 2.00 bits per heavy atom. The molecule has 7 nitrogen and oxygen atoms in total. The highest BCUT2D eigenvalue weighted by Gasteiger charge is 2.26. The zero-order valence-electron chi connectivity index (χ0n) is 16.3. The Kier molecular flexibility index (Phi) is 5.23. The van der Waals surface area contributed by atoms with E-state index in [9.17, 15) is 9.59 Å². The average Bonchev–Trinajstić information content (AvgIpc) is 3.48. The van der Waals surface area contributed by atoms with E-state index in [-0.39, 0.29) is 11.5 Å². The first-order valence-electron chi connectivity index (χ1n) is 9.56. The van der Waals surface area contributed by atoms with Crippen molar-refractivity contribution >= 4 is 44.9 Å². The summed E-state index contributed by atoms with van der Waals surface area (Å²) in [4.78, 5) is 40.0. The molecule has 0 aromatic carbocycles. The van der Waals surface area contributed by atoms with Crippen molar-refractivity contribution in [2.75, 3.05) is 26.2 Å². The largest absolute Gasteiger partial charge is 0.335 e. The number of carbonyl (C=O) groups is 1. The molecule has 4 aromatic rings. The fourth-order valence-electron chi connectivity index (χ4n) is 3.56. The van der Waals surface area contributed by atoms with E-state index < -0.39 is 0 Å². The minimum absolute atomic E-state index is 0.0489. The molecule has 1 aliphatic heterocycles. The van der Waals surface area contributed by atoms with Gasteiger partial charge in [0.25, 0.3) is 11.5 Å². The average molecular weight is 458 g/mol. The van der Waals surface area contributed by atoms with Crippen LogP contribution in [0.3, 0.4) is 0 Å². The fourth-order valence-corrected chi connectivity index (χ4v) is 6.04. The maximum absolute atomic E-state index is 13.1. The van der Waals surface area contributed by atoms with E-state index in [2.05, 4.69) is 20.2 Å². The van der Waals surface area contributed by atoms with Crippen LogP contribution in [0.25, 0.3) is 15.5 Å². The van der Waals surface area contributed by atoms with Crippen molar-refractivity contribution in [2.24, 2.45) is 0 Å². The van der Waals surface area contributed by atoms with Crippen molar-refractivity contribution in [2.45, 2.75) is 13.5 Å². The van der Waals surface area contributed by atoms with Crippen LogP contribution in [0.1, 0.15) is 21.1 Å². The SMILES string of the molecule is Cc1nc(-c2ccsc2)sc1C(=O)N1CCN(Cc2cc(=O)n3ccsc3n2)CC1. The number of hydrogen-bond acceptors (Lipinski definition) is 8. The van der Waals surface area contributed by atoms with Gasteiger partial charge in [-0.05, 0) is 18.4 Å². The summed E-state index contributed by atoms with van der Waals surface area (Å²) in [6.45, 7) is 5.35. The molecule has 30 heavy (non-hydrogen) atoms. The van der Waals surface area contributed by atoms with Gasteiger partial charge in [0, 0.05) is 61.3 Å². The summed E-state index contributed by atoms with van der Waals surface area (Å²) in [5.41, 5.74) is 2.60. The van der Waals surface area contributed by atoms with Gasteiger partial charge < -0.3 is 4.90 Å². The number of nitrogens with zero attached hydrogens (tertiary/aromatic N) is 5. The van der Waals surface area contributed by atoms with Gasteiger partial charge in [0.15, 0.2) is 4.96 Å². The van der Waals surface area contributed by atoms with Crippen molar-refractivity contribution in [3.05, 3.63) is 61.1 Å². The van der Waals surface area contributed by atoms with Crippen LogP contribution >= 0.6 is 34.0 Å². The molecule has 10 heteroatoms. The zero-order chi connectivity index (χ0) is 20.7. The second-order valence-corrected chi connectivity index (χ2v) is 9.81. The molecule has 1 fully saturated rings. The molecule has 1 saturated heterocycles. The number of aromatic nitrogens is 3. The van der Waals surface area contributed by atoms with E-state index in [4.69, 9.17) is 0 Å². The molecule has 0 unspecified atom stereocenters. The van der Waals surface area contributed by atoms with Crippen molar-refractivity contribution < 1.29 is 4.79 Å². The molecule has 1 amide bonds. The molecule has 5 heterocycles. The second kappa shape index (κ2) is 8.03. The number of thiazole rings is 2. The first kappa shape index (κ1) is 19.6. The number of aryl methyl sites for hydroxylation is 1. The topological polar surface area (TPSA) is 70.8 Å². The highest BCUT2D eigenvalue weighted by Crippen LogP contribution is 2.30. The number of piperazine rings is 1. The molecule has 0 saturated carbocycles. The maximum atomic E-state index is 13.1. The maximum Gasteiger partial charge on any atom is 0.265 e. The quantitative estimate of drug-likeness (QED) is 0.471. The number of thiophene rings is 1. The summed E-state index contributed by atoms with van der Waals surface area (Å²) >= 11 is 4.56. The molecule has 154 valence electrons. The lowest BCUT2D eigenvalue weighted by Gasteiger charge is -2.34. The van der Waals surface area contributed by atoms with Gasteiger partial charge in [0.05, 0.1) is 11.4 Å². The Bertz CT molecular complexity index is 1250. The van der Waals surface area contributed by atoms with Crippen LogP contribution in [-0.4, -0.2) is 56.3 Å². The molecule has 0 spiro atoms. The van der Waals surface area contributed by atoms with Crippen LogP contribution in [0.15, 0.2) is 39.3 Å². The minimum Gasteiger partial charge on any atom is -0.335 e. The van der Waals surface area contributed by atoms with E-state index >= 15 is 0 Å². The molecule has 0 aliphatic carbocycles. The Labute approximate surface area is 184 Å². The van der Waals surface area contributed by atoms with Crippen LogP contribution in [0.4, 0.5) is 0 Å². The van der Waals surface area contributed by atoms with Crippen LogP contribution in [-0.2, 0) is 6.54 Å². The Hall–Kier alpha value is -2.40. The Morgan fingerprint density at radius 1 is 1.17 bits per heavy atom. The van der Waals surface area contributed by atoms with Crippen LogP contribution < -0.4 is 5.56 Å². The molecule has 5 rings (SSSR count). The first-order chi connectivity index (χ1) is 14.6. The van der Waals surface area contributed by atoms with Crippen LogP contribution in [0, 0.1) is 6.92 Å². The Balaban J connectivity index is 1.24. The van der Waals surface area contributed by atoms with E-state index in [0.29, 0.717) is 24.6 Å². The van der Waals surface area contributed by atoms with Crippen LogP contribution in [0.5, 0.6) is 0 Å². The molecule has 0 bridgehead atoms. The highest BCUT2D eigenvalue weighted by atomic mass is 32.1. The van der Waals surface area contributed by atoms with E-state index in [1.807, 2.05) is 28.7 Å². The lowest BCUT2D eigenvalue weighted by molar-refractivity contribution is 0.0631. The van der Waals surface area contributed by atoms with Gasteiger partial charge in [-0.25, -0.2) is 9.97 Å². The van der Waals surface area contributed by atoms with Crippen molar-refractivity contribution in [1.82, 2.24) is 24.2 Å². The third-order valence-electron chi connectivity index (χ3n) is 5.16. The van der Waals surface area contributed by atoms with Gasteiger partial charge in [0.1, 0.15) is 9.88 Å². The van der Waals surface area contributed by atoms with Gasteiger partial charge in [0.2, 0.25) is 0 Å². The minimum atomic E-state index is -0.0489. The lowest BCUT2D eigenvalue weighted by Crippen LogP contribution is -2.48. The molecular weight excluding hydrogens is 438 g/mol. The van der Waals surface area contributed by atoms with Crippen LogP contribution in [0.2, 0.25) is 0 Å². The highest BCUT2D eigenvalue weighted by molar-refractivity contribution is 7.17. The number of amides is 1. The summed E-state index contributed by atoms with van der Waals surface area (Å²) in [6, 6.07) is 3.63. The predicted molar refractivity (Wildman–Crippen MR) is 121 cm³/mol. The first-order valence-corrected chi connectivity index (χ1v) is 12.2. The molecule has 4 aromatic heterocycles. The van der Waals surface area contributed by atoms with Gasteiger partial charge in [-0.3, -0.25) is 18.9 Å². The normalized spacial score (nSPS) is 15.2. The van der Waals surface area contributed by atoms with E-state index in [1.54, 1.807) is 28.0 Å². The standard InChI is InChI=1S/C20H19N5O2S3/c1-13-17(30-18(21-13)14-2-8-28-12-14)19(27)24-5-3-23(4-6-24)11-15-10-16(26)25-7-9-29-20(25)22-15/h2,7-10,12H,3-6,11H2,1H3. The van der Waals surface area contributed by atoms with E-state index in [0.717, 1.165) is 39.9 Å². The lowest BCUT2D eigenvalue weighted by atomic mass is 10.2. The number of carbonyl (C=O) groups excluding carboxylic acids is 1. The number of rotatable bonds is 4. The number of hydrogen-bond donors (Lipinski definition) is 0. The third kappa shape index (κ3) is 3.71. The summed E-state index contributed by atoms with van der Waals surface area (Å²) in [5, 5.41) is 6.84. The molecule has 0 radical (unpaired) electrons. The summed E-state index contributed by atoms with van der Waals surface area (Å²) < 4.78 is 1.56. The van der Waals surface area contributed by atoms with Crippen molar-refractivity contribution in [3.8, 4) is 10.6 Å². The molecule has 1 aliphatic rings. The zero-order valence-corrected chi connectivity index (χ0v) is 18.7.